The number of ether oxygens (including phenoxy) is 1. The largest absolute Gasteiger partial charge is 0.383 e. The average molecular weight is 215 g/mol. The highest BCUT2D eigenvalue weighted by Crippen LogP contribution is 2.27. The predicted octanol–water partition coefficient (Wildman–Crippen LogP) is 3.22. The highest BCUT2D eigenvalue weighted by Gasteiger charge is 2.27. The van der Waals surface area contributed by atoms with E-state index in [1.807, 2.05) is 0 Å². The van der Waals surface area contributed by atoms with E-state index in [0.29, 0.717) is 11.5 Å². The predicted molar refractivity (Wildman–Crippen MR) is 67.2 cm³/mol. The van der Waals surface area contributed by atoms with Crippen LogP contribution in [0.1, 0.15) is 54.4 Å². The Balaban J connectivity index is 4.21. The molecular formula is C13H29NO. The number of hydrogen-bond acceptors (Lipinski definition) is 2. The minimum absolute atomic E-state index is 0.178. The summed E-state index contributed by atoms with van der Waals surface area (Å²) in [5, 5.41) is 3.68. The van der Waals surface area contributed by atoms with E-state index in [1.54, 1.807) is 7.11 Å². The zero-order valence-corrected chi connectivity index (χ0v) is 11.6. The quantitative estimate of drug-likeness (QED) is 0.734. The first-order chi connectivity index (χ1) is 6.70. The molecule has 0 rings (SSSR count). The van der Waals surface area contributed by atoms with Gasteiger partial charge in [-0.25, -0.2) is 0 Å². The molecule has 0 aliphatic heterocycles. The fourth-order valence-electron chi connectivity index (χ4n) is 2.39. The SMILES string of the molecule is CCC(COC)NC(C)(C)CC(C)(C)C. The molecule has 0 aliphatic rings. The van der Waals surface area contributed by atoms with Crippen LogP contribution in [0.2, 0.25) is 0 Å². The lowest BCUT2D eigenvalue weighted by Gasteiger charge is -2.36. The molecule has 0 bridgehead atoms. The van der Waals surface area contributed by atoms with Gasteiger partial charge < -0.3 is 10.1 Å². The van der Waals surface area contributed by atoms with Gasteiger partial charge in [-0.3, -0.25) is 0 Å². The Bertz CT molecular complexity index is 170. The van der Waals surface area contributed by atoms with Crippen molar-refractivity contribution in [3.05, 3.63) is 0 Å². The van der Waals surface area contributed by atoms with Crippen molar-refractivity contribution >= 4 is 0 Å². The van der Waals surface area contributed by atoms with Crippen LogP contribution in [0.25, 0.3) is 0 Å². The molecule has 0 aromatic heterocycles. The van der Waals surface area contributed by atoms with Gasteiger partial charge in [-0.15, -0.1) is 0 Å². The molecule has 0 amide bonds. The van der Waals surface area contributed by atoms with Crippen molar-refractivity contribution in [3.63, 3.8) is 0 Å². The Kier molecular flexibility index (Phi) is 5.82. The fraction of sp³-hybridized carbons (Fsp3) is 1.00. The molecule has 0 fully saturated rings. The van der Waals surface area contributed by atoms with Crippen molar-refractivity contribution in [2.24, 2.45) is 5.41 Å². The van der Waals surface area contributed by atoms with Gasteiger partial charge in [0.25, 0.3) is 0 Å². The zero-order valence-electron chi connectivity index (χ0n) is 11.6. The summed E-state index contributed by atoms with van der Waals surface area (Å²) in [7, 11) is 1.76. The van der Waals surface area contributed by atoms with Crippen molar-refractivity contribution in [2.45, 2.75) is 66.0 Å². The lowest BCUT2D eigenvalue weighted by molar-refractivity contribution is 0.134. The summed E-state index contributed by atoms with van der Waals surface area (Å²) in [6, 6.07) is 0.465. The van der Waals surface area contributed by atoms with Crippen LogP contribution in [0.4, 0.5) is 0 Å². The summed E-state index contributed by atoms with van der Waals surface area (Å²) in [6.07, 6.45) is 2.28. The van der Waals surface area contributed by atoms with Crippen LogP contribution >= 0.6 is 0 Å². The normalized spacial score (nSPS) is 15.4. The van der Waals surface area contributed by atoms with Crippen molar-refractivity contribution in [2.75, 3.05) is 13.7 Å². The molecule has 2 nitrogen and oxygen atoms in total. The van der Waals surface area contributed by atoms with E-state index in [2.05, 4.69) is 46.9 Å². The standard InChI is InChI=1S/C13H29NO/c1-8-11(9-15-7)14-13(5,6)10-12(2,3)4/h11,14H,8-10H2,1-7H3. The van der Waals surface area contributed by atoms with Crippen LogP contribution in [-0.2, 0) is 4.74 Å². The van der Waals surface area contributed by atoms with Gasteiger partial charge >= 0.3 is 0 Å². The molecule has 15 heavy (non-hydrogen) atoms. The Morgan fingerprint density at radius 1 is 1.13 bits per heavy atom. The smallest absolute Gasteiger partial charge is 0.0615 e. The maximum Gasteiger partial charge on any atom is 0.0615 e. The maximum absolute atomic E-state index is 5.21. The average Bonchev–Trinajstić information content (AvgIpc) is 1.98. The molecule has 0 aliphatic carbocycles. The first-order valence-corrected chi connectivity index (χ1v) is 5.97. The molecule has 92 valence electrons. The molecule has 1 unspecified atom stereocenters. The molecule has 0 radical (unpaired) electrons. The third-order valence-corrected chi connectivity index (χ3v) is 2.43. The van der Waals surface area contributed by atoms with Crippen LogP contribution in [-0.4, -0.2) is 25.3 Å². The second-order valence-electron chi connectivity index (χ2n) is 6.33. The summed E-state index contributed by atoms with van der Waals surface area (Å²) >= 11 is 0. The highest BCUT2D eigenvalue weighted by atomic mass is 16.5. The third-order valence-electron chi connectivity index (χ3n) is 2.43. The number of hydrogen-bond donors (Lipinski definition) is 1. The number of nitrogens with one attached hydrogen (secondary N) is 1. The van der Waals surface area contributed by atoms with Crippen molar-refractivity contribution in [3.8, 4) is 0 Å². The van der Waals surface area contributed by atoms with Crippen molar-refractivity contribution < 1.29 is 4.74 Å². The molecule has 0 saturated carbocycles. The van der Waals surface area contributed by atoms with Crippen LogP contribution in [0.3, 0.4) is 0 Å². The van der Waals surface area contributed by atoms with Gasteiger partial charge in [-0.1, -0.05) is 27.7 Å². The van der Waals surface area contributed by atoms with Gasteiger partial charge in [-0.2, -0.15) is 0 Å². The van der Waals surface area contributed by atoms with Crippen molar-refractivity contribution in [1.82, 2.24) is 5.32 Å². The molecule has 1 atom stereocenters. The lowest BCUT2D eigenvalue weighted by atomic mass is 9.81. The fourth-order valence-corrected chi connectivity index (χ4v) is 2.39. The van der Waals surface area contributed by atoms with E-state index >= 15 is 0 Å². The maximum atomic E-state index is 5.21. The second-order valence-corrected chi connectivity index (χ2v) is 6.33. The van der Waals surface area contributed by atoms with E-state index in [1.165, 1.54) is 6.42 Å². The monoisotopic (exact) mass is 215 g/mol. The van der Waals surface area contributed by atoms with Crippen LogP contribution in [0, 0.1) is 5.41 Å². The van der Waals surface area contributed by atoms with Gasteiger partial charge in [0, 0.05) is 18.7 Å². The van der Waals surface area contributed by atoms with E-state index in [9.17, 15) is 0 Å². The second kappa shape index (κ2) is 5.86. The Labute approximate surface area is 95.8 Å². The van der Waals surface area contributed by atoms with E-state index in [-0.39, 0.29) is 5.54 Å². The molecule has 0 saturated heterocycles. The van der Waals surface area contributed by atoms with Gasteiger partial charge in [0.15, 0.2) is 0 Å². The third kappa shape index (κ3) is 7.80. The number of methoxy groups -OCH3 is 1. The Morgan fingerprint density at radius 3 is 2.00 bits per heavy atom. The van der Waals surface area contributed by atoms with E-state index in [4.69, 9.17) is 4.74 Å². The molecule has 0 aromatic rings. The molecule has 1 N–H and O–H groups in total. The molecule has 0 spiro atoms. The Hall–Kier alpha value is -0.0800. The van der Waals surface area contributed by atoms with Crippen LogP contribution in [0.15, 0.2) is 0 Å². The van der Waals surface area contributed by atoms with E-state index in [0.717, 1.165) is 13.0 Å². The number of rotatable bonds is 6. The van der Waals surface area contributed by atoms with E-state index < -0.39 is 0 Å². The topological polar surface area (TPSA) is 21.3 Å². The first kappa shape index (κ1) is 14.9. The van der Waals surface area contributed by atoms with Gasteiger partial charge in [-0.05, 0) is 32.1 Å². The first-order valence-electron chi connectivity index (χ1n) is 5.97. The molecule has 2 heteroatoms. The Morgan fingerprint density at radius 2 is 1.67 bits per heavy atom. The molecule has 0 heterocycles. The summed E-state index contributed by atoms with van der Waals surface area (Å²) in [5.74, 6) is 0. The van der Waals surface area contributed by atoms with Gasteiger partial charge in [0.2, 0.25) is 0 Å². The molecular weight excluding hydrogens is 186 g/mol. The van der Waals surface area contributed by atoms with Crippen molar-refractivity contribution in [1.29, 1.82) is 0 Å². The van der Waals surface area contributed by atoms with Crippen LogP contribution in [0.5, 0.6) is 0 Å². The summed E-state index contributed by atoms with van der Waals surface area (Å²) in [6.45, 7) is 14.4. The summed E-state index contributed by atoms with van der Waals surface area (Å²) in [5.41, 5.74) is 0.541. The highest BCUT2D eigenvalue weighted by molar-refractivity contribution is 4.86. The van der Waals surface area contributed by atoms with Gasteiger partial charge in [0.1, 0.15) is 0 Å². The zero-order chi connectivity index (χ0) is 12.1. The molecule has 0 aromatic carbocycles. The summed E-state index contributed by atoms with van der Waals surface area (Å²) in [4.78, 5) is 0. The lowest BCUT2D eigenvalue weighted by Crippen LogP contribution is -2.49. The summed E-state index contributed by atoms with van der Waals surface area (Å²) < 4.78 is 5.21. The van der Waals surface area contributed by atoms with Gasteiger partial charge in [0.05, 0.1) is 6.61 Å². The minimum atomic E-state index is 0.178. The van der Waals surface area contributed by atoms with Crippen LogP contribution < -0.4 is 5.32 Å². The minimum Gasteiger partial charge on any atom is -0.383 e.